The van der Waals surface area contributed by atoms with Crippen LogP contribution in [0.15, 0.2) is 55.1 Å². The van der Waals surface area contributed by atoms with E-state index in [9.17, 15) is 14.2 Å². The second-order valence-corrected chi connectivity index (χ2v) is 12.7. The van der Waals surface area contributed by atoms with Gasteiger partial charge in [0.05, 0.1) is 18.5 Å². The van der Waals surface area contributed by atoms with Crippen LogP contribution in [0, 0.1) is 0 Å². The zero-order valence-corrected chi connectivity index (χ0v) is 25.8. The normalized spacial score (nSPS) is 24.2. The van der Waals surface area contributed by atoms with E-state index >= 15 is 0 Å². The Bertz CT molecular complexity index is 1780. The van der Waals surface area contributed by atoms with Gasteiger partial charge in [-0.15, -0.1) is 0 Å². The van der Waals surface area contributed by atoms with E-state index in [1.54, 1.807) is 37.5 Å². The predicted molar refractivity (Wildman–Crippen MR) is 160 cm³/mol. The Kier molecular flexibility index (Phi) is 8.46. The number of rotatable bonds is 10. The molecule has 238 valence electrons. The lowest BCUT2D eigenvalue weighted by Crippen LogP contribution is -2.47. The zero-order valence-electron chi connectivity index (χ0n) is 24.9. The van der Waals surface area contributed by atoms with Crippen molar-refractivity contribution in [2.45, 2.75) is 70.5 Å². The van der Waals surface area contributed by atoms with Gasteiger partial charge in [-0.2, -0.15) is 5.09 Å². The van der Waals surface area contributed by atoms with Gasteiger partial charge in [0.2, 0.25) is 0 Å². The van der Waals surface area contributed by atoms with Gasteiger partial charge in [0.25, 0.3) is 0 Å². The van der Waals surface area contributed by atoms with E-state index < -0.39 is 62.5 Å². The molecule has 2 aliphatic rings. The van der Waals surface area contributed by atoms with E-state index in [1.807, 2.05) is 30.3 Å². The molecule has 0 aliphatic carbocycles. The molecule has 0 bridgehead atoms. The number of carbonyl (C=O) groups excluding carboxylic acids is 2. The van der Waals surface area contributed by atoms with Crippen LogP contribution in [0.5, 0.6) is 5.75 Å². The number of hydrogen-bond donors (Lipinski definition) is 2. The molecule has 2 fully saturated rings. The van der Waals surface area contributed by atoms with Crippen molar-refractivity contribution < 1.29 is 42.1 Å². The number of nitrogens with one attached hydrogen (secondary N) is 1. The molecule has 0 spiro atoms. The van der Waals surface area contributed by atoms with Gasteiger partial charge in [0, 0.05) is 5.39 Å². The van der Waals surface area contributed by atoms with Gasteiger partial charge in [-0.1, -0.05) is 36.4 Å². The minimum Gasteiger partial charge on any atom is -0.462 e. The summed E-state index contributed by atoms with van der Waals surface area (Å²) in [6, 6.07) is 11.6. The van der Waals surface area contributed by atoms with Crippen LogP contribution < -0.4 is 15.3 Å². The molecule has 3 N–H and O–H groups in total. The third kappa shape index (κ3) is 6.22. The largest absolute Gasteiger partial charge is 0.462 e. The van der Waals surface area contributed by atoms with E-state index in [-0.39, 0.29) is 18.2 Å². The summed E-state index contributed by atoms with van der Waals surface area (Å²) in [5.41, 5.74) is 6.66. The highest BCUT2D eigenvalue weighted by atomic mass is 31.2. The van der Waals surface area contributed by atoms with Crippen LogP contribution >= 0.6 is 7.75 Å². The van der Waals surface area contributed by atoms with Crippen LogP contribution in [0.3, 0.4) is 0 Å². The zero-order chi connectivity index (χ0) is 31.9. The third-order valence-corrected chi connectivity index (χ3v) is 9.09. The molecule has 4 heterocycles. The van der Waals surface area contributed by atoms with Crippen molar-refractivity contribution in [1.82, 2.24) is 24.6 Å². The van der Waals surface area contributed by atoms with Crippen LogP contribution in [0.2, 0.25) is 0 Å². The highest BCUT2D eigenvalue weighted by Gasteiger charge is 2.55. The van der Waals surface area contributed by atoms with Gasteiger partial charge in [0.15, 0.2) is 23.8 Å². The average Bonchev–Trinajstić information content (AvgIpc) is 3.59. The number of nitrogens with zero attached hydrogens (tertiary/aromatic N) is 4. The fraction of sp³-hybridized carbons (Fsp3) is 0.414. The molecular formula is C29H33N6O9P. The number of anilines is 1. The van der Waals surface area contributed by atoms with Crippen LogP contribution in [0.1, 0.15) is 33.9 Å². The summed E-state index contributed by atoms with van der Waals surface area (Å²) in [6.07, 6.45) is -2.27. The number of carbonyl (C=O) groups is 2. The van der Waals surface area contributed by atoms with Crippen LogP contribution in [-0.4, -0.2) is 74.6 Å². The van der Waals surface area contributed by atoms with Crippen molar-refractivity contribution in [1.29, 1.82) is 0 Å². The third-order valence-electron chi connectivity index (χ3n) is 7.34. The van der Waals surface area contributed by atoms with Crippen molar-refractivity contribution in [2.75, 3.05) is 12.3 Å². The first kappa shape index (κ1) is 30.9. The van der Waals surface area contributed by atoms with Crippen molar-refractivity contribution in [3.05, 3.63) is 55.1 Å². The molecule has 45 heavy (non-hydrogen) atoms. The molecular weight excluding hydrogens is 607 g/mol. The van der Waals surface area contributed by atoms with Gasteiger partial charge in [0.1, 0.15) is 42.5 Å². The number of nitrogens with two attached hydrogens (primary N) is 1. The molecule has 0 saturated carbocycles. The molecule has 0 amide bonds. The second-order valence-electron chi connectivity index (χ2n) is 11.0. The van der Waals surface area contributed by atoms with Gasteiger partial charge in [-0.25, -0.2) is 24.3 Å². The highest BCUT2D eigenvalue weighted by molar-refractivity contribution is 7.52. The summed E-state index contributed by atoms with van der Waals surface area (Å²) in [5, 5.41) is 4.26. The Labute approximate surface area is 257 Å². The molecule has 7 unspecified atom stereocenters. The van der Waals surface area contributed by atoms with E-state index in [1.165, 1.54) is 19.6 Å². The van der Waals surface area contributed by atoms with Crippen molar-refractivity contribution in [3.63, 3.8) is 0 Å². The van der Waals surface area contributed by atoms with E-state index in [0.717, 1.165) is 5.39 Å². The van der Waals surface area contributed by atoms with Gasteiger partial charge in [-0.05, 0) is 39.1 Å². The molecule has 4 aromatic rings. The van der Waals surface area contributed by atoms with Crippen LogP contribution in [0.25, 0.3) is 21.9 Å². The summed E-state index contributed by atoms with van der Waals surface area (Å²) < 4.78 is 51.6. The first-order valence-electron chi connectivity index (χ1n) is 14.4. The van der Waals surface area contributed by atoms with Crippen molar-refractivity contribution in [2.24, 2.45) is 0 Å². The topological polar surface area (TPSA) is 188 Å². The molecule has 2 aromatic carbocycles. The molecule has 2 aliphatic heterocycles. The molecule has 15 nitrogen and oxygen atoms in total. The lowest BCUT2D eigenvalue weighted by molar-refractivity contribution is -0.184. The molecule has 2 aromatic heterocycles. The summed E-state index contributed by atoms with van der Waals surface area (Å²) in [6.45, 7) is 6.22. The average molecular weight is 641 g/mol. The van der Waals surface area contributed by atoms with Crippen molar-refractivity contribution in [3.8, 4) is 5.75 Å². The molecule has 7 atom stereocenters. The summed E-state index contributed by atoms with van der Waals surface area (Å²) in [7, 11) is -4.34. The lowest BCUT2D eigenvalue weighted by atomic mass is 10.1. The maximum Gasteiger partial charge on any atom is 0.459 e. The number of aromatic nitrogens is 4. The van der Waals surface area contributed by atoms with Gasteiger partial charge < -0.3 is 29.2 Å². The Hall–Kier alpha value is -4.14. The summed E-state index contributed by atoms with van der Waals surface area (Å²) >= 11 is 0. The molecule has 0 radical (unpaired) electrons. The monoisotopic (exact) mass is 640 g/mol. The smallest absolute Gasteiger partial charge is 0.459 e. The Morgan fingerprint density at radius 3 is 2.67 bits per heavy atom. The van der Waals surface area contributed by atoms with Gasteiger partial charge in [-0.3, -0.25) is 13.9 Å². The Morgan fingerprint density at radius 1 is 1.09 bits per heavy atom. The first-order valence-corrected chi connectivity index (χ1v) is 15.9. The molecule has 6 rings (SSSR count). The van der Waals surface area contributed by atoms with Crippen molar-refractivity contribution >= 4 is 47.4 Å². The minimum atomic E-state index is -4.34. The van der Waals surface area contributed by atoms with Gasteiger partial charge >= 0.3 is 19.7 Å². The molecule has 2 saturated heterocycles. The highest BCUT2D eigenvalue weighted by Crippen LogP contribution is 2.50. The number of benzene rings is 2. The standard InChI is InChI=1S/C29H33N6O9P/c1-15(2)40-29(37)16(3)34-45(38,44-20-11-7-9-18-8-5-6-10-19(18)20)43-17(4)23-24-25(41-21(36)12-39-24)28(42-23)35-14-33-22-26(30)31-13-32-27(22)35/h5-11,13-17,23-25,28H,12H2,1-4H3,(H,34,38)(H2,30,31,32). The number of esters is 2. The SMILES string of the molecule is CC(C)OC(=O)C(C)NP(=O)(Oc1cccc2ccccc12)OC(C)C1OC(n2cnc3c(N)ncnc32)C2OC(=O)COC12. The number of imidazole rings is 1. The first-order chi connectivity index (χ1) is 21.5. The van der Waals surface area contributed by atoms with Crippen LogP contribution in [0.4, 0.5) is 5.82 Å². The number of ether oxygens (including phenoxy) is 4. The number of nitrogen functional groups attached to an aromatic ring is 1. The number of fused-ring (bicyclic) bond motifs is 3. The summed E-state index contributed by atoms with van der Waals surface area (Å²) in [5.74, 6) is -0.785. The Balaban J connectivity index is 1.31. The quantitative estimate of drug-likeness (QED) is 0.190. The fourth-order valence-corrected chi connectivity index (χ4v) is 7.09. The fourth-order valence-electron chi connectivity index (χ4n) is 5.37. The molecule has 16 heteroatoms. The maximum atomic E-state index is 14.5. The van der Waals surface area contributed by atoms with E-state index in [2.05, 4.69) is 20.0 Å². The van der Waals surface area contributed by atoms with Crippen LogP contribution in [-0.2, 0) is 37.6 Å². The van der Waals surface area contributed by atoms with E-state index in [4.69, 9.17) is 33.7 Å². The lowest BCUT2D eigenvalue weighted by Gasteiger charge is -2.32. The second kappa shape index (κ2) is 12.3. The minimum absolute atomic E-state index is 0.168. The summed E-state index contributed by atoms with van der Waals surface area (Å²) in [4.78, 5) is 37.5. The van der Waals surface area contributed by atoms with E-state index in [0.29, 0.717) is 16.6 Å². The maximum absolute atomic E-state index is 14.5. The number of hydrogen-bond acceptors (Lipinski definition) is 13. The Morgan fingerprint density at radius 2 is 1.87 bits per heavy atom. The predicted octanol–water partition coefficient (Wildman–Crippen LogP) is 3.29.